The molecule has 1 atom stereocenters. The second-order valence-corrected chi connectivity index (χ2v) is 3.14. The van der Waals surface area contributed by atoms with E-state index in [1.165, 1.54) is 0 Å². The van der Waals surface area contributed by atoms with Gasteiger partial charge in [-0.2, -0.15) is 0 Å². The Balaban J connectivity index is 3.24. The number of carboxylic acids is 1. The zero-order valence-electron chi connectivity index (χ0n) is 8.03. The lowest BCUT2D eigenvalue weighted by atomic mass is 9.79. The van der Waals surface area contributed by atoms with Crippen LogP contribution in [0.4, 0.5) is 0 Å². The first kappa shape index (κ1) is 10.4. The van der Waals surface area contributed by atoms with Gasteiger partial charge >= 0.3 is 5.97 Å². The Morgan fingerprint density at radius 1 is 1.50 bits per heavy atom. The Kier molecular flexibility index (Phi) is 3.02. The van der Waals surface area contributed by atoms with E-state index in [0.717, 1.165) is 6.21 Å². The van der Waals surface area contributed by atoms with Gasteiger partial charge in [-0.25, -0.2) is 0 Å². The van der Waals surface area contributed by atoms with Crippen molar-refractivity contribution in [1.82, 2.24) is 0 Å². The van der Waals surface area contributed by atoms with E-state index >= 15 is 0 Å². The molecule has 1 aromatic rings. The van der Waals surface area contributed by atoms with E-state index in [1.807, 2.05) is 6.07 Å². The molecule has 0 heterocycles. The third-order valence-corrected chi connectivity index (χ3v) is 2.47. The lowest BCUT2D eigenvalue weighted by molar-refractivity contribution is -0.141. The minimum Gasteiger partial charge on any atom is -0.480 e. The molecule has 74 valence electrons. The molecule has 0 bridgehead atoms. The Labute approximate surface area is 82.9 Å². The third-order valence-electron chi connectivity index (χ3n) is 2.47. The maximum absolute atomic E-state index is 11.1. The van der Waals surface area contributed by atoms with Crippen LogP contribution >= 0.6 is 0 Å². The second-order valence-electron chi connectivity index (χ2n) is 3.14. The standard InChI is InChI=1S/C11H13NO2/c1-2-11(8-12,10(13)14)9-6-4-3-5-7-9/h3-8,12H,2H2,1H3,(H,13,14). The van der Waals surface area contributed by atoms with Crippen LogP contribution in [0, 0.1) is 5.41 Å². The third kappa shape index (κ3) is 1.53. The highest BCUT2D eigenvalue weighted by Gasteiger charge is 2.36. The normalized spacial score (nSPS) is 14.4. The number of benzene rings is 1. The lowest BCUT2D eigenvalue weighted by Gasteiger charge is -2.23. The van der Waals surface area contributed by atoms with Crippen LogP contribution in [0.5, 0.6) is 0 Å². The van der Waals surface area contributed by atoms with Gasteiger partial charge in [-0.3, -0.25) is 4.79 Å². The van der Waals surface area contributed by atoms with Crippen molar-refractivity contribution in [3.8, 4) is 0 Å². The second kappa shape index (κ2) is 4.05. The number of carboxylic acid groups (broad SMARTS) is 1. The number of hydrogen-bond acceptors (Lipinski definition) is 2. The van der Waals surface area contributed by atoms with Gasteiger partial charge in [0.2, 0.25) is 0 Å². The maximum atomic E-state index is 11.1. The molecule has 0 spiro atoms. The summed E-state index contributed by atoms with van der Waals surface area (Å²) >= 11 is 0. The van der Waals surface area contributed by atoms with Gasteiger partial charge in [0.05, 0.1) is 0 Å². The van der Waals surface area contributed by atoms with Gasteiger partial charge in [-0.1, -0.05) is 37.3 Å². The number of nitrogens with one attached hydrogen (secondary N) is 1. The van der Waals surface area contributed by atoms with Crippen molar-refractivity contribution >= 4 is 12.2 Å². The molecule has 14 heavy (non-hydrogen) atoms. The van der Waals surface area contributed by atoms with Gasteiger partial charge in [0.1, 0.15) is 5.41 Å². The quantitative estimate of drug-likeness (QED) is 0.715. The average molecular weight is 191 g/mol. The Morgan fingerprint density at radius 3 is 2.43 bits per heavy atom. The van der Waals surface area contributed by atoms with E-state index in [4.69, 9.17) is 10.5 Å². The van der Waals surface area contributed by atoms with E-state index in [-0.39, 0.29) is 0 Å². The van der Waals surface area contributed by atoms with Crippen LogP contribution in [-0.2, 0) is 10.2 Å². The fraction of sp³-hybridized carbons (Fsp3) is 0.273. The first-order chi connectivity index (χ1) is 6.67. The predicted octanol–water partition coefficient (Wildman–Crippen LogP) is 2.07. The van der Waals surface area contributed by atoms with Crippen LogP contribution in [0.2, 0.25) is 0 Å². The van der Waals surface area contributed by atoms with Gasteiger partial charge in [-0.15, -0.1) is 0 Å². The molecule has 0 aliphatic heterocycles. The zero-order chi connectivity index (χ0) is 10.6. The summed E-state index contributed by atoms with van der Waals surface area (Å²) in [6.07, 6.45) is 1.39. The topological polar surface area (TPSA) is 61.2 Å². The summed E-state index contributed by atoms with van der Waals surface area (Å²) in [4.78, 5) is 11.1. The van der Waals surface area contributed by atoms with E-state index in [2.05, 4.69) is 0 Å². The molecule has 0 aromatic heterocycles. The van der Waals surface area contributed by atoms with E-state index in [1.54, 1.807) is 31.2 Å². The highest BCUT2D eigenvalue weighted by Crippen LogP contribution is 2.25. The van der Waals surface area contributed by atoms with Crippen molar-refractivity contribution < 1.29 is 9.90 Å². The van der Waals surface area contributed by atoms with Crippen LogP contribution < -0.4 is 0 Å². The van der Waals surface area contributed by atoms with Crippen LogP contribution in [0.15, 0.2) is 30.3 Å². The molecule has 0 saturated carbocycles. The number of carbonyl (C=O) groups is 1. The van der Waals surface area contributed by atoms with Crippen LogP contribution in [0.1, 0.15) is 18.9 Å². The molecule has 1 unspecified atom stereocenters. The highest BCUT2D eigenvalue weighted by atomic mass is 16.4. The first-order valence-electron chi connectivity index (χ1n) is 4.48. The van der Waals surface area contributed by atoms with Crippen molar-refractivity contribution in [2.45, 2.75) is 18.8 Å². The van der Waals surface area contributed by atoms with Crippen LogP contribution in [-0.4, -0.2) is 17.3 Å². The monoisotopic (exact) mass is 191 g/mol. The van der Waals surface area contributed by atoms with Crippen molar-refractivity contribution in [2.24, 2.45) is 0 Å². The fourth-order valence-electron chi connectivity index (χ4n) is 1.46. The van der Waals surface area contributed by atoms with E-state index in [9.17, 15) is 4.79 Å². The van der Waals surface area contributed by atoms with Gasteiger partial charge in [0.25, 0.3) is 0 Å². The molecule has 3 nitrogen and oxygen atoms in total. The number of rotatable bonds is 4. The van der Waals surface area contributed by atoms with Gasteiger partial charge in [0, 0.05) is 6.21 Å². The molecule has 0 amide bonds. The molecule has 0 aliphatic rings. The highest BCUT2D eigenvalue weighted by molar-refractivity contribution is 5.99. The van der Waals surface area contributed by atoms with Crippen molar-refractivity contribution in [3.05, 3.63) is 35.9 Å². The fourth-order valence-corrected chi connectivity index (χ4v) is 1.46. The van der Waals surface area contributed by atoms with Crippen LogP contribution in [0.25, 0.3) is 0 Å². The Morgan fingerprint density at radius 2 is 2.07 bits per heavy atom. The zero-order valence-corrected chi connectivity index (χ0v) is 8.03. The summed E-state index contributed by atoms with van der Waals surface area (Å²) in [5, 5.41) is 16.4. The van der Waals surface area contributed by atoms with Crippen LogP contribution in [0.3, 0.4) is 0 Å². The average Bonchev–Trinajstić information content (AvgIpc) is 2.22. The minimum absolute atomic E-state index is 0.385. The minimum atomic E-state index is -1.17. The smallest absolute Gasteiger partial charge is 0.319 e. The molecule has 0 fully saturated rings. The molecule has 0 radical (unpaired) electrons. The Hall–Kier alpha value is -1.64. The summed E-state index contributed by atoms with van der Waals surface area (Å²) in [5.41, 5.74) is -0.508. The van der Waals surface area contributed by atoms with Crippen molar-refractivity contribution in [3.63, 3.8) is 0 Å². The first-order valence-corrected chi connectivity index (χ1v) is 4.48. The number of hydrogen-bond donors (Lipinski definition) is 2. The van der Waals surface area contributed by atoms with Gasteiger partial charge in [-0.05, 0) is 12.0 Å². The molecule has 0 aliphatic carbocycles. The molecule has 1 aromatic carbocycles. The van der Waals surface area contributed by atoms with Gasteiger partial charge in [0.15, 0.2) is 0 Å². The van der Waals surface area contributed by atoms with Crippen molar-refractivity contribution in [1.29, 1.82) is 5.41 Å². The SMILES string of the molecule is CCC(C=N)(C(=O)O)c1ccccc1. The summed E-state index contributed by atoms with van der Waals surface area (Å²) in [6, 6.07) is 8.87. The van der Waals surface area contributed by atoms with Gasteiger partial charge < -0.3 is 10.5 Å². The number of aliphatic carboxylic acids is 1. The van der Waals surface area contributed by atoms with E-state index in [0.29, 0.717) is 12.0 Å². The van der Waals surface area contributed by atoms with Crippen molar-refractivity contribution in [2.75, 3.05) is 0 Å². The molecule has 1 rings (SSSR count). The molecule has 2 N–H and O–H groups in total. The summed E-state index contributed by atoms with van der Waals surface area (Å²) in [7, 11) is 0. The lowest BCUT2D eigenvalue weighted by Crippen LogP contribution is -2.36. The Bertz CT molecular complexity index is 334. The predicted molar refractivity (Wildman–Crippen MR) is 54.8 cm³/mol. The summed E-state index contributed by atoms with van der Waals surface area (Å²) in [5.74, 6) is -0.971. The van der Waals surface area contributed by atoms with E-state index < -0.39 is 11.4 Å². The molecular formula is C11H13NO2. The summed E-state index contributed by atoms with van der Waals surface area (Å²) < 4.78 is 0. The largest absolute Gasteiger partial charge is 0.480 e. The molecular weight excluding hydrogens is 178 g/mol. The summed E-state index contributed by atoms with van der Waals surface area (Å²) in [6.45, 7) is 1.77. The molecule has 3 heteroatoms. The maximum Gasteiger partial charge on any atom is 0.319 e. The molecule has 0 saturated heterocycles.